The molecule has 0 radical (unpaired) electrons. The summed E-state index contributed by atoms with van der Waals surface area (Å²) in [5.74, 6) is 1.08. The highest BCUT2D eigenvalue weighted by Crippen LogP contribution is 2.75. The molecular formula is C54H92O23. The maximum absolute atomic E-state index is 11.6. The van der Waals surface area contributed by atoms with Crippen LogP contribution in [0.4, 0.5) is 0 Å². The van der Waals surface area contributed by atoms with Gasteiger partial charge in [-0.1, -0.05) is 53.2 Å². The smallest absolute Gasteiger partial charge is 0.187 e. The molecule has 0 amide bonds. The molecular weight excluding hydrogens is 1020 g/mol. The zero-order valence-corrected chi connectivity index (χ0v) is 45.8. The standard InChI is InChI=1S/C54H92O23/c1-23(9-13-33(51(4,5)69)76-49-45(41(65)36(60)29(21-57)73-49)77-48-44(68)39(63)35(59)28(20-56)72-48)24-15-16-54(8)31-12-10-25-26(52(31,6)17-18-53(24,54)7)11-14-32(50(25,2)3)75-47-43(67)40(64)37(61)30(74-47)22-70-46-42(66)38(62)34(58)27(19-55)71-46/h10,23-24,26-49,55-69H,9,11-22H2,1-8H3/t23-,24?,26-,27-,28-,29-,30-,31-,32+,33-,34-,35-,36-,37-,38+,39+,40+,41+,42-,43-,44-,45-,46-,47+,48+,49+,52+,53-,54+/m1/s1. The normalized spacial score (nSPS) is 51.0. The first-order chi connectivity index (χ1) is 36.0. The van der Waals surface area contributed by atoms with Crippen molar-refractivity contribution in [3.05, 3.63) is 11.6 Å². The molecule has 0 aromatic carbocycles. The largest absolute Gasteiger partial charge is 0.394 e. The van der Waals surface area contributed by atoms with E-state index in [-0.39, 0.29) is 28.1 Å². The number of allylic oxidation sites excluding steroid dienone is 1. The van der Waals surface area contributed by atoms with Crippen molar-refractivity contribution in [2.24, 2.45) is 45.3 Å². The lowest BCUT2D eigenvalue weighted by Crippen LogP contribution is -2.65. The summed E-state index contributed by atoms with van der Waals surface area (Å²) in [7, 11) is 0. The van der Waals surface area contributed by atoms with E-state index in [0.717, 1.165) is 38.5 Å². The minimum atomic E-state index is -1.83. The Balaban J connectivity index is 0.925. The van der Waals surface area contributed by atoms with Gasteiger partial charge in [0.2, 0.25) is 0 Å². The SMILES string of the molecule is C[C@H](CC[C@@H](O[C@@H]1O[C@H](CO)[C@@H](O)[C@H](O)[C@H]1O[C@@H]1O[C@H](CO)[C@@H](O)[C@H](O)[C@H]1O)C(C)(C)O)C1CC[C@@]2(C)[C@@H]3CC=C4[C@@H](CC[C@H](O[C@@H]5O[C@H](CO[C@@H]6O[C@H](CO)[C@@H](O)[C@H](O)[C@H]6O)[C@@H](O)[C@H](O)[C@H]5O)C4(C)C)[C@]3(C)CC[C@]12C. The number of hydrogen-bond acceptors (Lipinski definition) is 23. The van der Waals surface area contributed by atoms with Crippen LogP contribution in [0.2, 0.25) is 0 Å². The highest BCUT2D eigenvalue weighted by molar-refractivity contribution is 5.30. The van der Waals surface area contributed by atoms with Gasteiger partial charge in [0.1, 0.15) is 97.7 Å². The Morgan fingerprint density at radius 2 is 1.08 bits per heavy atom. The van der Waals surface area contributed by atoms with Crippen LogP contribution < -0.4 is 0 Å². The molecule has 4 aliphatic heterocycles. The Bertz CT molecular complexity index is 1990. The topological polar surface area (TPSA) is 377 Å². The van der Waals surface area contributed by atoms with Gasteiger partial charge in [-0.25, -0.2) is 0 Å². The van der Waals surface area contributed by atoms with Crippen molar-refractivity contribution in [1.29, 1.82) is 0 Å². The van der Waals surface area contributed by atoms with Crippen LogP contribution in [0.3, 0.4) is 0 Å². The van der Waals surface area contributed by atoms with Crippen LogP contribution in [0, 0.1) is 45.3 Å². The highest BCUT2D eigenvalue weighted by Gasteiger charge is 2.68. The average Bonchev–Trinajstić information content (AvgIpc) is 3.90. The van der Waals surface area contributed by atoms with Gasteiger partial charge in [0.05, 0.1) is 44.2 Å². The summed E-state index contributed by atoms with van der Waals surface area (Å²) in [4.78, 5) is 0. The van der Waals surface area contributed by atoms with E-state index in [1.807, 2.05) is 0 Å². The van der Waals surface area contributed by atoms with Crippen LogP contribution >= 0.6 is 0 Å². The van der Waals surface area contributed by atoms with Gasteiger partial charge in [-0.05, 0) is 112 Å². The van der Waals surface area contributed by atoms with Crippen molar-refractivity contribution in [3.8, 4) is 0 Å². The van der Waals surface area contributed by atoms with Gasteiger partial charge < -0.3 is 114 Å². The highest BCUT2D eigenvalue weighted by atomic mass is 16.8. The number of fused-ring (bicyclic) bond motifs is 5. The number of rotatable bonds is 17. The summed E-state index contributed by atoms with van der Waals surface area (Å²) in [6, 6.07) is 0. The van der Waals surface area contributed by atoms with Gasteiger partial charge in [-0.2, -0.15) is 0 Å². The third kappa shape index (κ3) is 11.1. The lowest BCUT2D eigenvalue weighted by atomic mass is 9.39. The van der Waals surface area contributed by atoms with Crippen molar-refractivity contribution in [2.45, 2.75) is 254 Å². The molecule has 1 unspecified atom stereocenters. The van der Waals surface area contributed by atoms with Crippen LogP contribution in [0.5, 0.6) is 0 Å². The first-order valence-corrected chi connectivity index (χ1v) is 27.9. The summed E-state index contributed by atoms with van der Waals surface area (Å²) in [5.41, 5.74) is -0.842. The van der Waals surface area contributed by atoms with E-state index in [1.165, 1.54) is 5.57 Å². The fourth-order valence-electron chi connectivity index (χ4n) is 15.6. The molecule has 4 heterocycles. The molecule has 8 rings (SSSR count). The lowest BCUT2D eigenvalue weighted by molar-refractivity contribution is -0.375. The van der Waals surface area contributed by atoms with E-state index in [4.69, 9.17) is 37.9 Å². The van der Waals surface area contributed by atoms with Gasteiger partial charge in [0.25, 0.3) is 0 Å². The predicted octanol–water partition coefficient (Wildman–Crippen LogP) is -2.20. The second-order valence-corrected chi connectivity index (χ2v) is 25.8. The maximum Gasteiger partial charge on any atom is 0.187 e. The lowest BCUT2D eigenvalue weighted by Gasteiger charge is -2.66. The Morgan fingerprint density at radius 3 is 1.65 bits per heavy atom. The fourth-order valence-corrected chi connectivity index (χ4v) is 15.6. The third-order valence-corrected chi connectivity index (χ3v) is 20.7. The van der Waals surface area contributed by atoms with Crippen LogP contribution in [-0.2, 0) is 37.9 Å². The molecule has 0 aromatic rings. The van der Waals surface area contributed by atoms with E-state index in [0.29, 0.717) is 31.1 Å². The van der Waals surface area contributed by atoms with Gasteiger partial charge in [-0.3, -0.25) is 0 Å². The van der Waals surface area contributed by atoms with E-state index >= 15 is 0 Å². The van der Waals surface area contributed by atoms with Gasteiger partial charge in [0.15, 0.2) is 25.2 Å². The minimum Gasteiger partial charge on any atom is -0.394 e. The van der Waals surface area contributed by atoms with E-state index in [1.54, 1.807) is 13.8 Å². The molecule has 4 saturated heterocycles. The van der Waals surface area contributed by atoms with Crippen molar-refractivity contribution in [1.82, 2.24) is 0 Å². The molecule has 0 spiro atoms. The molecule has 77 heavy (non-hydrogen) atoms. The molecule has 8 aliphatic rings. The summed E-state index contributed by atoms with van der Waals surface area (Å²) in [6.07, 6.45) is -23.1. The first-order valence-electron chi connectivity index (χ1n) is 27.9. The average molecular weight is 1110 g/mol. The van der Waals surface area contributed by atoms with Crippen LogP contribution in [0.25, 0.3) is 0 Å². The Kier molecular flexibility index (Phi) is 18.9. The Morgan fingerprint density at radius 1 is 0.571 bits per heavy atom. The van der Waals surface area contributed by atoms with Gasteiger partial charge in [0, 0.05) is 5.41 Å². The molecule has 7 fully saturated rings. The second-order valence-electron chi connectivity index (χ2n) is 25.8. The minimum absolute atomic E-state index is 0.0322. The molecule has 23 heteroatoms. The maximum atomic E-state index is 11.6. The molecule has 4 aliphatic carbocycles. The van der Waals surface area contributed by atoms with Crippen molar-refractivity contribution >= 4 is 0 Å². The second kappa shape index (κ2) is 23.5. The summed E-state index contributed by atoms with van der Waals surface area (Å²) >= 11 is 0. The Labute approximate surface area is 450 Å². The number of aliphatic hydroxyl groups excluding tert-OH is 14. The predicted molar refractivity (Wildman–Crippen MR) is 266 cm³/mol. The van der Waals surface area contributed by atoms with Crippen LogP contribution in [0.15, 0.2) is 11.6 Å². The zero-order chi connectivity index (χ0) is 56.6. The molecule has 15 N–H and O–H groups in total. The van der Waals surface area contributed by atoms with Crippen molar-refractivity contribution in [2.75, 3.05) is 26.4 Å². The number of ether oxygens (including phenoxy) is 8. The van der Waals surface area contributed by atoms with E-state index in [2.05, 4.69) is 47.6 Å². The van der Waals surface area contributed by atoms with Crippen molar-refractivity contribution < 1.29 is 114 Å². The zero-order valence-electron chi connectivity index (χ0n) is 45.8. The fraction of sp³-hybridized carbons (Fsp3) is 0.963. The summed E-state index contributed by atoms with van der Waals surface area (Å²) in [6.45, 7) is 14.5. The third-order valence-electron chi connectivity index (χ3n) is 20.7. The summed E-state index contributed by atoms with van der Waals surface area (Å²) < 4.78 is 47.6. The van der Waals surface area contributed by atoms with Crippen molar-refractivity contribution in [3.63, 3.8) is 0 Å². The number of hydrogen-bond donors (Lipinski definition) is 15. The Hall–Kier alpha value is -1.18. The molecule has 3 saturated carbocycles. The van der Waals surface area contributed by atoms with E-state index < -0.39 is 172 Å². The monoisotopic (exact) mass is 1110 g/mol. The molecule has 0 bridgehead atoms. The molecule has 23 nitrogen and oxygen atoms in total. The molecule has 0 aromatic heterocycles. The van der Waals surface area contributed by atoms with Crippen LogP contribution in [-0.4, -0.2) is 244 Å². The van der Waals surface area contributed by atoms with Gasteiger partial charge >= 0.3 is 0 Å². The first kappa shape index (κ1) is 61.9. The van der Waals surface area contributed by atoms with E-state index in [9.17, 15) is 76.6 Å². The molecule has 29 atom stereocenters. The molecule has 446 valence electrons. The van der Waals surface area contributed by atoms with Gasteiger partial charge in [-0.15, -0.1) is 0 Å². The quantitative estimate of drug-likeness (QED) is 0.0687. The van der Waals surface area contributed by atoms with Crippen LogP contribution in [0.1, 0.15) is 113 Å². The number of aliphatic hydroxyl groups is 15. The summed E-state index contributed by atoms with van der Waals surface area (Å²) in [5, 5.41) is 159.